The molecule has 0 radical (unpaired) electrons. The van der Waals surface area contributed by atoms with E-state index in [1.807, 2.05) is 4.57 Å². The van der Waals surface area contributed by atoms with E-state index in [0.717, 1.165) is 50.1 Å². The molecule has 2 aromatic heterocycles. The third-order valence-corrected chi connectivity index (χ3v) is 6.54. The van der Waals surface area contributed by atoms with E-state index >= 15 is 0 Å². The Balaban J connectivity index is 1.36. The average Bonchev–Trinajstić information content (AvgIpc) is 3.07. The van der Waals surface area contributed by atoms with Gasteiger partial charge in [-0.25, -0.2) is 9.78 Å². The number of nitrogens with zero attached hydrogens (tertiary/aromatic N) is 6. The molecular formula is C23H32N6O2. The first-order valence-corrected chi connectivity index (χ1v) is 11.1. The highest BCUT2D eigenvalue weighted by Crippen LogP contribution is 2.21. The number of fused-ring (bicyclic) bond motifs is 1. The van der Waals surface area contributed by atoms with Crippen molar-refractivity contribution in [3.8, 4) is 0 Å². The van der Waals surface area contributed by atoms with Crippen LogP contribution in [0.25, 0.3) is 11.2 Å². The second kappa shape index (κ2) is 9.20. The Hall–Kier alpha value is -2.71. The summed E-state index contributed by atoms with van der Waals surface area (Å²) < 4.78 is 4.47. The Morgan fingerprint density at radius 1 is 0.968 bits per heavy atom. The summed E-state index contributed by atoms with van der Waals surface area (Å²) in [4.78, 5) is 34.1. The highest BCUT2D eigenvalue weighted by atomic mass is 16.2. The second-order valence-electron chi connectivity index (χ2n) is 8.49. The van der Waals surface area contributed by atoms with Crippen LogP contribution in [0.3, 0.4) is 0 Å². The molecule has 8 heteroatoms. The van der Waals surface area contributed by atoms with Crippen LogP contribution in [0.1, 0.15) is 31.4 Å². The summed E-state index contributed by atoms with van der Waals surface area (Å²) in [5.41, 5.74) is 1.70. The van der Waals surface area contributed by atoms with Gasteiger partial charge in [0.15, 0.2) is 11.2 Å². The monoisotopic (exact) mass is 424 g/mol. The summed E-state index contributed by atoms with van der Waals surface area (Å²) in [5.74, 6) is 0. The first-order chi connectivity index (χ1) is 15.0. The van der Waals surface area contributed by atoms with E-state index in [-0.39, 0.29) is 11.2 Å². The Kier molecular flexibility index (Phi) is 6.38. The molecule has 1 fully saturated rings. The lowest BCUT2D eigenvalue weighted by atomic mass is 10.1. The van der Waals surface area contributed by atoms with Crippen molar-refractivity contribution in [2.24, 2.45) is 14.1 Å². The molecule has 0 saturated carbocycles. The van der Waals surface area contributed by atoms with Gasteiger partial charge in [-0.15, -0.1) is 0 Å². The van der Waals surface area contributed by atoms with E-state index in [9.17, 15) is 9.59 Å². The molecule has 1 saturated heterocycles. The molecule has 3 aromatic rings. The summed E-state index contributed by atoms with van der Waals surface area (Å²) in [7, 11) is 3.17. The van der Waals surface area contributed by atoms with E-state index in [4.69, 9.17) is 0 Å². The first kappa shape index (κ1) is 21.5. The molecule has 3 heterocycles. The van der Waals surface area contributed by atoms with Crippen LogP contribution in [-0.2, 0) is 20.6 Å². The molecule has 0 amide bonds. The minimum atomic E-state index is -0.346. The lowest BCUT2D eigenvalue weighted by Gasteiger charge is -2.28. The summed E-state index contributed by atoms with van der Waals surface area (Å²) in [6, 6.07) is 11.1. The zero-order chi connectivity index (χ0) is 22.0. The van der Waals surface area contributed by atoms with Crippen LogP contribution in [-0.4, -0.2) is 61.2 Å². The number of hydrogen-bond acceptors (Lipinski definition) is 5. The van der Waals surface area contributed by atoms with Crippen molar-refractivity contribution in [1.82, 2.24) is 28.5 Å². The van der Waals surface area contributed by atoms with Crippen molar-refractivity contribution in [1.29, 1.82) is 0 Å². The van der Waals surface area contributed by atoms with E-state index < -0.39 is 0 Å². The van der Waals surface area contributed by atoms with Crippen LogP contribution in [0.15, 0.2) is 46.2 Å². The van der Waals surface area contributed by atoms with Gasteiger partial charge in [0, 0.05) is 46.3 Å². The molecule has 0 aliphatic carbocycles. The highest BCUT2D eigenvalue weighted by molar-refractivity contribution is 5.69. The largest absolute Gasteiger partial charge is 0.332 e. The van der Waals surface area contributed by atoms with Gasteiger partial charge < -0.3 is 9.47 Å². The van der Waals surface area contributed by atoms with Crippen LogP contribution in [0.4, 0.5) is 0 Å². The number of imidazole rings is 1. The van der Waals surface area contributed by atoms with E-state index in [1.54, 1.807) is 13.4 Å². The Morgan fingerprint density at radius 3 is 2.52 bits per heavy atom. The summed E-state index contributed by atoms with van der Waals surface area (Å²) in [6.45, 7) is 8.32. The number of hydrogen-bond donors (Lipinski definition) is 0. The summed E-state index contributed by atoms with van der Waals surface area (Å²) in [5, 5.41) is 0. The van der Waals surface area contributed by atoms with E-state index in [0.29, 0.717) is 23.8 Å². The van der Waals surface area contributed by atoms with E-state index in [2.05, 4.69) is 52.0 Å². The Bertz CT molecular complexity index is 1150. The number of rotatable bonds is 6. The van der Waals surface area contributed by atoms with E-state index in [1.165, 1.54) is 17.2 Å². The predicted molar refractivity (Wildman–Crippen MR) is 122 cm³/mol. The molecule has 1 aliphatic heterocycles. The SMILES string of the molecule is CC(c1ccccc1)N1CCCN(CCCn2cnc3c2c(=O)n(C)c(=O)n3C)CC1. The zero-order valence-corrected chi connectivity index (χ0v) is 18.7. The van der Waals surface area contributed by atoms with Crippen LogP contribution in [0.5, 0.6) is 0 Å². The summed E-state index contributed by atoms with van der Waals surface area (Å²) in [6.07, 6.45) is 3.77. The standard InChI is InChI=1S/C23H32N6O2/c1-18(19-9-5-4-6-10-19)28-13-7-11-27(15-16-28)12-8-14-29-17-24-21-20(29)22(30)26(3)23(31)25(21)2/h4-6,9-10,17-18H,7-8,11-16H2,1-3H3. The Morgan fingerprint density at radius 2 is 1.74 bits per heavy atom. The topological polar surface area (TPSA) is 68.3 Å². The maximum atomic E-state index is 12.6. The van der Waals surface area contributed by atoms with Gasteiger partial charge in [0.25, 0.3) is 5.56 Å². The van der Waals surface area contributed by atoms with Crippen LogP contribution in [0, 0.1) is 0 Å². The molecule has 166 valence electrons. The van der Waals surface area contributed by atoms with Crippen LogP contribution >= 0.6 is 0 Å². The second-order valence-corrected chi connectivity index (χ2v) is 8.49. The van der Waals surface area contributed by atoms with Crippen LogP contribution in [0.2, 0.25) is 0 Å². The molecule has 1 atom stereocenters. The molecule has 1 aliphatic rings. The van der Waals surface area contributed by atoms with Gasteiger partial charge in [-0.05, 0) is 38.4 Å². The molecule has 0 spiro atoms. The maximum absolute atomic E-state index is 12.6. The fraction of sp³-hybridized carbons (Fsp3) is 0.522. The van der Waals surface area contributed by atoms with Gasteiger partial charge in [0.1, 0.15) is 0 Å². The van der Waals surface area contributed by atoms with Crippen molar-refractivity contribution < 1.29 is 0 Å². The fourth-order valence-electron chi connectivity index (χ4n) is 4.58. The molecule has 8 nitrogen and oxygen atoms in total. The third kappa shape index (κ3) is 4.36. The predicted octanol–water partition coefficient (Wildman–Crippen LogP) is 1.59. The van der Waals surface area contributed by atoms with Crippen molar-refractivity contribution in [3.63, 3.8) is 0 Å². The molecule has 4 rings (SSSR count). The van der Waals surface area contributed by atoms with Crippen molar-refractivity contribution in [3.05, 3.63) is 63.1 Å². The molecule has 1 aromatic carbocycles. The number of aromatic nitrogens is 4. The lowest BCUT2D eigenvalue weighted by molar-refractivity contribution is 0.209. The highest BCUT2D eigenvalue weighted by Gasteiger charge is 2.20. The number of aryl methyl sites for hydroxylation is 2. The van der Waals surface area contributed by atoms with Crippen molar-refractivity contribution in [2.75, 3.05) is 32.7 Å². The smallest absolute Gasteiger partial charge is 0.325 e. The van der Waals surface area contributed by atoms with Crippen molar-refractivity contribution >= 4 is 11.2 Å². The third-order valence-electron chi connectivity index (χ3n) is 6.54. The average molecular weight is 425 g/mol. The summed E-state index contributed by atoms with van der Waals surface area (Å²) >= 11 is 0. The molecule has 31 heavy (non-hydrogen) atoms. The van der Waals surface area contributed by atoms with Crippen molar-refractivity contribution in [2.45, 2.75) is 32.4 Å². The molecule has 0 N–H and O–H groups in total. The minimum Gasteiger partial charge on any atom is -0.325 e. The van der Waals surface area contributed by atoms with Gasteiger partial charge in [0.05, 0.1) is 6.33 Å². The number of benzene rings is 1. The van der Waals surface area contributed by atoms with Gasteiger partial charge in [-0.1, -0.05) is 30.3 Å². The molecule has 0 bridgehead atoms. The van der Waals surface area contributed by atoms with Gasteiger partial charge >= 0.3 is 5.69 Å². The van der Waals surface area contributed by atoms with Gasteiger partial charge in [0.2, 0.25) is 0 Å². The first-order valence-electron chi connectivity index (χ1n) is 11.1. The van der Waals surface area contributed by atoms with Crippen LogP contribution < -0.4 is 11.2 Å². The lowest BCUT2D eigenvalue weighted by Crippen LogP contribution is -2.37. The fourth-order valence-corrected chi connectivity index (χ4v) is 4.58. The quantitative estimate of drug-likeness (QED) is 0.601. The minimum absolute atomic E-state index is 0.282. The maximum Gasteiger partial charge on any atom is 0.332 e. The Labute approximate surface area is 182 Å². The normalized spacial score (nSPS) is 17.1. The van der Waals surface area contributed by atoms with Gasteiger partial charge in [-0.2, -0.15) is 0 Å². The van der Waals surface area contributed by atoms with Gasteiger partial charge in [-0.3, -0.25) is 18.8 Å². The zero-order valence-electron chi connectivity index (χ0n) is 18.7. The molecular weight excluding hydrogens is 392 g/mol. The molecule has 1 unspecified atom stereocenters.